The summed E-state index contributed by atoms with van der Waals surface area (Å²) in [5, 5.41) is 6.98. The Morgan fingerprint density at radius 1 is 1.26 bits per heavy atom. The second-order valence-electron chi connectivity index (χ2n) is 6.45. The van der Waals surface area contributed by atoms with Crippen molar-refractivity contribution < 1.29 is 4.74 Å². The van der Waals surface area contributed by atoms with Crippen molar-refractivity contribution in [1.82, 2.24) is 10.6 Å². The van der Waals surface area contributed by atoms with Crippen molar-refractivity contribution in [3.8, 4) is 0 Å². The molecule has 130 valence electrons. The van der Waals surface area contributed by atoms with E-state index in [4.69, 9.17) is 4.74 Å². The van der Waals surface area contributed by atoms with Gasteiger partial charge >= 0.3 is 0 Å². The van der Waals surface area contributed by atoms with E-state index in [1.807, 2.05) is 18.4 Å². The number of thiophene rings is 1. The molecule has 0 amide bonds. The van der Waals surface area contributed by atoms with Gasteiger partial charge < -0.3 is 15.4 Å². The molecule has 0 atom stereocenters. The normalized spacial score (nSPS) is 17.4. The fraction of sp³-hybridized carbons (Fsp3) is 0.722. The van der Waals surface area contributed by atoms with Crippen molar-refractivity contribution in [2.45, 2.75) is 52.0 Å². The van der Waals surface area contributed by atoms with E-state index < -0.39 is 0 Å². The third kappa shape index (κ3) is 5.50. The van der Waals surface area contributed by atoms with Gasteiger partial charge in [-0.05, 0) is 43.2 Å². The monoisotopic (exact) mass is 337 g/mol. The van der Waals surface area contributed by atoms with Gasteiger partial charge in [-0.25, -0.2) is 0 Å². The van der Waals surface area contributed by atoms with Crippen LogP contribution in [-0.2, 0) is 17.7 Å². The van der Waals surface area contributed by atoms with Crippen molar-refractivity contribution >= 4 is 17.3 Å². The molecule has 4 nitrogen and oxygen atoms in total. The van der Waals surface area contributed by atoms with Gasteiger partial charge in [-0.3, -0.25) is 4.99 Å². The largest absolute Gasteiger partial charge is 0.385 e. The molecule has 0 unspecified atom stereocenters. The lowest BCUT2D eigenvalue weighted by Gasteiger charge is -2.29. The summed E-state index contributed by atoms with van der Waals surface area (Å²) < 4.78 is 5.31. The minimum Gasteiger partial charge on any atom is -0.385 e. The van der Waals surface area contributed by atoms with Crippen LogP contribution in [0.4, 0.5) is 0 Å². The van der Waals surface area contributed by atoms with Crippen LogP contribution >= 0.6 is 11.3 Å². The van der Waals surface area contributed by atoms with Crippen molar-refractivity contribution in [3.63, 3.8) is 0 Å². The van der Waals surface area contributed by atoms with Gasteiger partial charge in [0.15, 0.2) is 5.96 Å². The quantitative estimate of drug-likeness (QED) is 0.563. The summed E-state index contributed by atoms with van der Waals surface area (Å²) in [6.07, 6.45) is 7.52. The highest BCUT2D eigenvalue weighted by Crippen LogP contribution is 2.40. The molecule has 1 aromatic rings. The summed E-state index contributed by atoms with van der Waals surface area (Å²) >= 11 is 1.88. The number of methoxy groups -OCH3 is 1. The zero-order valence-corrected chi connectivity index (χ0v) is 15.6. The van der Waals surface area contributed by atoms with Gasteiger partial charge in [0.25, 0.3) is 0 Å². The van der Waals surface area contributed by atoms with Gasteiger partial charge in [0.1, 0.15) is 0 Å². The zero-order chi connectivity index (χ0) is 16.5. The van der Waals surface area contributed by atoms with Crippen LogP contribution < -0.4 is 10.6 Å². The molecule has 2 rings (SSSR count). The van der Waals surface area contributed by atoms with Crippen LogP contribution in [0.3, 0.4) is 0 Å². The summed E-state index contributed by atoms with van der Waals surface area (Å²) in [6.45, 7) is 4.88. The third-order valence-electron chi connectivity index (χ3n) is 4.85. The first-order valence-electron chi connectivity index (χ1n) is 8.72. The molecule has 1 aliphatic rings. The molecule has 1 aliphatic carbocycles. The van der Waals surface area contributed by atoms with Crippen LogP contribution in [-0.4, -0.2) is 33.3 Å². The molecule has 0 radical (unpaired) electrons. The van der Waals surface area contributed by atoms with Crippen LogP contribution in [0, 0.1) is 5.41 Å². The fourth-order valence-electron chi connectivity index (χ4n) is 3.33. The van der Waals surface area contributed by atoms with Crippen LogP contribution in [0.1, 0.15) is 48.8 Å². The highest BCUT2D eigenvalue weighted by molar-refractivity contribution is 7.11. The molecule has 2 N–H and O–H groups in total. The molecule has 1 heterocycles. The SMILES string of the molecule is CCc1ccc(CNC(=NC)NCC2(CCOC)CCCC2)s1. The fourth-order valence-corrected chi connectivity index (χ4v) is 4.23. The second kappa shape index (κ2) is 9.28. The summed E-state index contributed by atoms with van der Waals surface area (Å²) in [7, 11) is 3.64. The molecular weight excluding hydrogens is 306 g/mol. The van der Waals surface area contributed by atoms with Gasteiger partial charge in [-0.2, -0.15) is 0 Å². The lowest BCUT2D eigenvalue weighted by atomic mass is 9.83. The molecule has 23 heavy (non-hydrogen) atoms. The number of aliphatic imine (C=N–C) groups is 1. The number of hydrogen-bond donors (Lipinski definition) is 2. The first kappa shape index (κ1) is 18.3. The van der Waals surface area contributed by atoms with E-state index in [1.165, 1.54) is 35.4 Å². The van der Waals surface area contributed by atoms with Crippen molar-refractivity contribution in [2.24, 2.45) is 10.4 Å². The number of ether oxygens (including phenoxy) is 1. The van der Waals surface area contributed by atoms with Gasteiger partial charge in [0.05, 0.1) is 6.54 Å². The van der Waals surface area contributed by atoms with E-state index in [1.54, 1.807) is 7.11 Å². The van der Waals surface area contributed by atoms with Gasteiger partial charge in [-0.1, -0.05) is 19.8 Å². The molecule has 1 aromatic heterocycles. The molecular formula is C18H31N3OS. The van der Waals surface area contributed by atoms with Crippen LogP contribution in [0.5, 0.6) is 0 Å². The maximum absolute atomic E-state index is 5.31. The Morgan fingerprint density at radius 3 is 2.61 bits per heavy atom. The minimum absolute atomic E-state index is 0.381. The summed E-state index contributed by atoms with van der Waals surface area (Å²) in [5.74, 6) is 0.903. The van der Waals surface area contributed by atoms with Crippen LogP contribution in [0.25, 0.3) is 0 Å². The predicted octanol–water partition coefficient (Wildman–Crippen LogP) is 3.57. The number of aryl methyl sites for hydroxylation is 1. The molecule has 0 aliphatic heterocycles. The second-order valence-corrected chi connectivity index (χ2v) is 7.70. The van der Waals surface area contributed by atoms with E-state index in [0.717, 1.165) is 38.5 Å². The van der Waals surface area contributed by atoms with Gasteiger partial charge in [0, 0.05) is 37.1 Å². The molecule has 0 bridgehead atoms. The zero-order valence-electron chi connectivity index (χ0n) is 14.8. The molecule has 0 aromatic carbocycles. The van der Waals surface area contributed by atoms with E-state index >= 15 is 0 Å². The maximum Gasteiger partial charge on any atom is 0.191 e. The highest BCUT2D eigenvalue weighted by atomic mass is 32.1. The Morgan fingerprint density at radius 2 is 2.00 bits per heavy atom. The van der Waals surface area contributed by atoms with Gasteiger partial charge in [-0.15, -0.1) is 11.3 Å². The average Bonchev–Trinajstić information content (AvgIpc) is 3.23. The van der Waals surface area contributed by atoms with E-state index in [-0.39, 0.29) is 0 Å². The Balaban J connectivity index is 1.81. The highest BCUT2D eigenvalue weighted by Gasteiger charge is 2.33. The predicted molar refractivity (Wildman–Crippen MR) is 99.3 cm³/mol. The Bertz CT molecular complexity index is 492. The first-order chi connectivity index (χ1) is 11.2. The Kier molecular flexibility index (Phi) is 7.37. The topological polar surface area (TPSA) is 45.7 Å². The number of guanidine groups is 1. The molecule has 0 spiro atoms. The average molecular weight is 338 g/mol. The van der Waals surface area contributed by atoms with E-state index in [0.29, 0.717) is 5.41 Å². The third-order valence-corrected chi connectivity index (χ3v) is 6.08. The number of rotatable bonds is 8. The molecule has 5 heteroatoms. The number of hydrogen-bond acceptors (Lipinski definition) is 3. The van der Waals surface area contributed by atoms with Gasteiger partial charge in [0.2, 0.25) is 0 Å². The molecule has 0 saturated heterocycles. The Hall–Kier alpha value is -1.07. The van der Waals surface area contributed by atoms with E-state index in [9.17, 15) is 0 Å². The standard InChI is InChI=1S/C18H31N3OS/c1-4-15-7-8-16(23-15)13-20-17(19-2)21-14-18(11-12-22-3)9-5-6-10-18/h7-8H,4-6,9-14H2,1-3H3,(H2,19,20,21). The van der Waals surface area contributed by atoms with E-state index in [2.05, 4.69) is 34.7 Å². The van der Waals surface area contributed by atoms with Crippen molar-refractivity contribution in [2.75, 3.05) is 27.3 Å². The molecule has 1 fully saturated rings. The Labute approximate surface area is 144 Å². The summed E-state index contributed by atoms with van der Waals surface area (Å²) in [5.41, 5.74) is 0.381. The minimum atomic E-state index is 0.381. The van der Waals surface area contributed by atoms with Crippen molar-refractivity contribution in [3.05, 3.63) is 21.9 Å². The number of nitrogens with one attached hydrogen (secondary N) is 2. The maximum atomic E-state index is 5.31. The van der Waals surface area contributed by atoms with Crippen LogP contribution in [0.15, 0.2) is 17.1 Å². The summed E-state index contributed by atoms with van der Waals surface area (Å²) in [6, 6.07) is 4.43. The smallest absolute Gasteiger partial charge is 0.191 e. The molecule has 1 saturated carbocycles. The number of nitrogens with zero attached hydrogens (tertiary/aromatic N) is 1. The summed E-state index contributed by atoms with van der Waals surface area (Å²) in [4.78, 5) is 7.17. The lowest BCUT2D eigenvalue weighted by Crippen LogP contribution is -2.43. The first-order valence-corrected chi connectivity index (χ1v) is 9.54. The van der Waals surface area contributed by atoms with Crippen molar-refractivity contribution in [1.29, 1.82) is 0 Å². The van der Waals surface area contributed by atoms with Crippen LogP contribution in [0.2, 0.25) is 0 Å². The lowest BCUT2D eigenvalue weighted by molar-refractivity contribution is 0.138.